The van der Waals surface area contributed by atoms with Crippen molar-refractivity contribution in [2.45, 2.75) is 39.0 Å². The minimum Gasteiger partial charge on any atom is -0.496 e. The second kappa shape index (κ2) is 7.48. The zero-order valence-electron chi connectivity index (χ0n) is 12.3. The van der Waals surface area contributed by atoms with E-state index in [-0.39, 0.29) is 5.54 Å². The maximum absolute atomic E-state index is 9.83. The molecule has 0 saturated carbocycles. The van der Waals surface area contributed by atoms with Crippen LogP contribution in [0.1, 0.15) is 26.3 Å². The highest BCUT2D eigenvalue weighted by Gasteiger charge is 2.16. The van der Waals surface area contributed by atoms with Crippen LogP contribution in [-0.4, -0.2) is 37.0 Å². The molecule has 0 unspecified atom stereocenters. The van der Waals surface area contributed by atoms with Gasteiger partial charge >= 0.3 is 0 Å². The molecule has 0 aliphatic heterocycles. The SMILES string of the molecule is COc1ccccc1COC[C@@H](O)C[NH2+]C(C)(C)C. The number of quaternary nitrogens is 1. The first-order valence-electron chi connectivity index (χ1n) is 6.64. The summed E-state index contributed by atoms with van der Waals surface area (Å²) in [6.45, 7) is 7.80. The van der Waals surface area contributed by atoms with Gasteiger partial charge in [-0.15, -0.1) is 0 Å². The van der Waals surface area contributed by atoms with E-state index in [2.05, 4.69) is 26.1 Å². The summed E-state index contributed by atoms with van der Waals surface area (Å²) in [5, 5.41) is 11.9. The van der Waals surface area contributed by atoms with Crippen molar-refractivity contribution in [1.29, 1.82) is 0 Å². The van der Waals surface area contributed by atoms with Crippen molar-refractivity contribution < 1.29 is 19.9 Å². The van der Waals surface area contributed by atoms with Gasteiger partial charge < -0.3 is 19.9 Å². The molecule has 0 radical (unpaired) electrons. The molecule has 4 nitrogen and oxygen atoms in total. The number of nitrogens with two attached hydrogens (primary N) is 1. The molecule has 1 aromatic rings. The standard InChI is InChI=1S/C15H25NO3/c1-15(2,3)16-9-13(17)11-19-10-12-7-5-6-8-14(12)18-4/h5-8,13,16-17H,9-11H2,1-4H3/p+1/t13-/m0/s1. The summed E-state index contributed by atoms with van der Waals surface area (Å²) in [6.07, 6.45) is -0.450. The zero-order chi connectivity index (χ0) is 14.3. The third-order valence-electron chi connectivity index (χ3n) is 2.76. The fourth-order valence-corrected chi connectivity index (χ4v) is 1.68. The number of ether oxygens (including phenoxy) is 2. The first-order chi connectivity index (χ1) is 8.92. The lowest BCUT2D eigenvalue weighted by molar-refractivity contribution is -0.722. The molecule has 0 bridgehead atoms. The molecule has 3 N–H and O–H groups in total. The Kier molecular flexibility index (Phi) is 6.28. The highest BCUT2D eigenvalue weighted by atomic mass is 16.5. The molecule has 1 aromatic carbocycles. The van der Waals surface area contributed by atoms with E-state index in [9.17, 15) is 5.11 Å². The van der Waals surface area contributed by atoms with Gasteiger partial charge in [-0.05, 0) is 26.8 Å². The highest BCUT2D eigenvalue weighted by molar-refractivity contribution is 5.32. The Bertz CT molecular complexity index is 374. The minimum atomic E-state index is -0.450. The summed E-state index contributed by atoms with van der Waals surface area (Å²) in [5.41, 5.74) is 1.13. The number of para-hydroxylation sites is 1. The van der Waals surface area contributed by atoms with E-state index >= 15 is 0 Å². The predicted molar refractivity (Wildman–Crippen MR) is 75.2 cm³/mol. The van der Waals surface area contributed by atoms with Gasteiger partial charge in [-0.3, -0.25) is 0 Å². The lowest BCUT2D eigenvalue weighted by Gasteiger charge is -2.19. The first kappa shape index (κ1) is 16.0. The molecule has 0 heterocycles. The van der Waals surface area contributed by atoms with Crippen LogP contribution < -0.4 is 10.1 Å². The lowest BCUT2D eigenvalue weighted by atomic mass is 10.1. The van der Waals surface area contributed by atoms with Crippen molar-refractivity contribution in [1.82, 2.24) is 0 Å². The van der Waals surface area contributed by atoms with Crippen LogP contribution in [0.4, 0.5) is 0 Å². The fraction of sp³-hybridized carbons (Fsp3) is 0.600. The molecule has 0 saturated heterocycles. The van der Waals surface area contributed by atoms with Crippen LogP contribution in [0.2, 0.25) is 0 Å². The number of aliphatic hydroxyl groups excluding tert-OH is 1. The van der Waals surface area contributed by atoms with Gasteiger partial charge in [-0.25, -0.2) is 0 Å². The molecule has 1 rings (SSSR count). The highest BCUT2D eigenvalue weighted by Crippen LogP contribution is 2.17. The van der Waals surface area contributed by atoms with Crippen LogP contribution in [0.5, 0.6) is 5.75 Å². The number of hydrogen-bond acceptors (Lipinski definition) is 3. The second-order valence-corrected chi connectivity index (χ2v) is 5.79. The molecule has 0 amide bonds. The molecular weight excluding hydrogens is 242 g/mol. The Hall–Kier alpha value is -1.10. The second-order valence-electron chi connectivity index (χ2n) is 5.79. The van der Waals surface area contributed by atoms with Gasteiger partial charge in [0.15, 0.2) is 0 Å². The third kappa shape index (κ3) is 6.57. The Balaban J connectivity index is 2.30. The summed E-state index contributed by atoms with van der Waals surface area (Å²) >= 11 is 0. The van der Waals surface area contributed by atoms with Crippen molar-refractivity contribution in [2.24, 2.45) is 0 Å². The molecule has 0 aliphatic rings. The topological polar surface area (TPSA) is 55.3 Å². The first-order valence-corrected chi connectivity index (χ1v) is 6.64. The van der Waals surface area contributed by atoms with Crippen LogP contribution in [0.15, 0.2) is 24.3 Å². The summed E-state index contributed by atoms with van der Waals surface area (Å²) in [6, 6.07) is 7.75. The van der Waals surface area contributed by atoms with E-state index in [0.29, 0.717) is 19.8 Å². The van der Waals surface area contributed by atoms with E-state index in [1.807, 2.05) is 24.3 Å². The Morgan fingerprint density at radius 2 is 1.95 bits per heavy atom. The monoisotopic (exact) mass is 268 g/mol. The van der Waals surface area contributed by atoms with Crippen molar-refractivity contribution in [3.63, 3.8) is 0 Å². The number of methoxy groups -OCH3 is 1. The van der Waals surface area contributed by atoms with Gasteiger partial charge in [0.1, 0.15) is 18.4 Å². The van der Waals surface area contributed by atoms with Crippen molar-refractivity contribution in [3.05, 3.63) is 29.8 Å². The average Bonchev–Trinajstić information content (AvgIpc) is 2.36. The van der Waals surface area contributed by atoms with E-state index in [1.165, 1.54) is 0 Å². The molecule has 108 valence electrons. The maximum atomic E-state index is 9.83. The largest absolute Gasteiger partial charge is 0.496 e. The molecule has 0 aromatic heterocycles. The smallest absolute Gasteiger partial charge is 0.126 e. The molecule has 0 fully saturated rings. The van der Waals surface area contributed by atoms with Crippen LogP contribution >= 0.6 is 0 Å². The van der Waals surface area contributed by atoms with Crippen LogP contribution in [0.25, 0.3) is 0 Å². The normalized spacial score (nSPS) is 13.3. The molecule has 4 heteroatoms. The Labute approximate surface area is 115 Å². The summed E-state index contributed by atoms with van der Waals surface area (Å²) in [7, 11) is 1.64. The van der Waals surface area contributed by atoms with Gasteiger partial charge in [0.05, 0.1) is 25.9 Å². The van der Waals surface area contributed by atoms with Crippen LogP contribution in [0.3, 0.4) is 0 Å². The van der Waals surface area contributed by atoms with E-state index in [4.69, 9.17) is 9.47 Å². The number of aliphatic hydroxyl groups is 1. The van der Waals surface area contributed by atoms with E-state index < -0.39 is 6.10 Å². The van der Waals surface area contributed by atoms with Gasteiger partial charge in [-0.1, -0.05) is 18.2 Å². The van der Waals surface area contributed by atoms with Gasteiger partial charge in [0, 0.05) is 5.56 Å². The number of benzene rings is 1. The molecule has 1 atom stereocenters. The van der Waals surface area contributed by atoms with E-state index in [0.717, 1.165) is 11.3 Å². The van der Waals surface area contributed by atoms with Gasteiger partial charge in [0.25, 0.3) is 0 Å². The number of hydrogen-bond donors (Lipinski definition) is 2. The summed E-state index contributed by atoms with van der Waals surface area (Å²) < 4.78 is 10.8. The predicted octanol–water partition coefficient (Wildman–Crippen LogP) is 0.935. The Morgan fingerprint density at radius 1 is 1.26 bits per heavy atom. The fourth-order valence-electron chi connectivity index (χ4n) is 1.68. The van der Waals surface area contributed by atoms with Crippen molar-refractivity contribution in [2.75, 3.05) is 20.3 Å². The minimum absolute atomic E-state index is 0.129. The van der Waals surface area contributed by atoms with Crippen molar-refractivity contribution in [3.8, 4) is 5.75 Å². The molecular formula is C15H26NO3+. The van der Waals surface area contributed by atoms with Crippen LogP contribution in [0, 0.1) is 0 Å². The Morgan fingerprint density at radius 3 is 2.58 bits per heavy atom. The third-order valence-corrected chi connectivity index (χ3v) is 2.76. The zero-order valence-corrected chi connectivity index (χ0v) is 12.3. The maximum Gasteiger partial charge on any atom is 0.126 e. The molecule has 19 heavy (non-hydrogen) atoms. The van der Waals surface area contributed by atoms with Gasteiger partial charge in [0.2, 0.25) is 0 Å². The molecule has 0 spiro atoms. The summed E-state index contributed by atoms with van der Waals surface area (Å²) in [4.78, 5) is 0. The van der Waals surface area contributed by atoms with Crippen LogP contribution in [-0.2, 0) is 11.3 Å². The lowest BCUT2D eigenvalue weighted by Crippen LogP contribution is -2.96. The molecule has 0 aliphatic carbocycles. The van der Waals surface area contributed by atoms with Crippen molar-refractivity contribution >= 4 is 0 Å². The summed E-state index contributed by atoms with van der Waals surface area (Å²) in [5.74, 6) is 0.818. The number of rotatable bonds is 7. The van der Waals surface area contributed by atoms with E-state index in [1.54, 1.807) is 7.11 Å². The quantitative estimate of drug-likeness (QED) is 0.773. The average molecular weight is 268 g/mol. The van der Waals surface area contributed by atoms with Gasteiger partial charge in [-0.2, -0.15) is 0 Å².